The summed E-state index contributed by atoms with van der Waals surface area (Å²) in [5, 5.41) is 4.85. The van der Waals surface area contributed by atoms with E-state index >= 15 is 0 Å². The smallest absolute Gasteiger partial charge is 0.261 e. The van der Waals surface area contributed by atoms with Crippen LogP contribution in [0.5, 0.6) is 0 Å². The molecule has 0 aliphatic rings. The second-order valence-corrected chi connectivity index (χ2v) is 5.72. The molecule has 0 unspecified atom stereocenters. The Balaban J connectivity index is 2.13. The van der Waals surface area contributed by atoms with Gasteiger partial charge in [-0.15, -0.1) is 0 Å². The number of hydrogen-bond donors (Lipinski definition) is 1. The van der Waals surface area contributed by atoms with Crippen molar-refractivity contribution in [2.24, 2.45) is 7.05 Å². The van der Waals surface area contributed by atoms with Crippen LogP contribution in [0.1, 0.15) is 11.4 Å². The lowest BCUT2D eigenvalue weighted by atomic mass is 10.2. The maximum Gasteiger partial charge on any atom is 0.261 e. The summed E-state index contributed by atoms with van der Waals surface area (Å²) in [5.41, 5.74) is 8.64. The van der Waals surface area contributed by atoms with Crippen molar-refractivity contribution < 1.29 is 0 Å². The molecule has 21 heavy (non-hydrogen) atoms. The molecular weight excluding hydrogens is 334 g/mol. The van der Waals surface area contributed by atoms with Crippen LogP contribution in [-0.4, -0.2) is 19.3 Å². The molecule has 1 aromatic carbocycles. The van der Waals surface area contributed by atoms with E-state index in [1.165, 1.54) is 0 Å². The number of aromatic nitrogens is 4. The number of hydrogen-bond acceptors (Lipinski definition) is 4. The minimum atomic E-state index is -0.113. The van der Waals surface area contributed by atoms with Gasteiger partial charge in [0.15, 0.2) is 0 Å². The summed E-state index contributed by atoms with van der Waals surface area (Å²) in [4.78, 5) is 16.8. The largest absolute Gasteiger partial charge is 0.399 e. The lowest BCUT2D eigenvalue weighted by Crippen LogP contribution is -2.22. The topological polar surface area (TPSA) is 78.7 Å². The fourth-order valence-electron chi connectivity index (χ4n) is 2.30. The van der Waals surface area contributed by atoms with Crippen molar-refractivity contribution in [3.63, 3.8) is 0 Å². The Morgan fingerprint density at radius 3 is 2.81 bits per heavy atom. The molecule has 0 fully saturated rings. The third-order valence-corrected chi connectivity index (χ3v) is 4.46. The zero-order chi connectivity index (χ0) is 15.1. The van der Waals surface area contributed by atoms with Gasteiger partial charge in [-0.3, -0.25) is 14.0 Å². The van der Waals surface area contributed by atoms with Gasteiger partial charge in [-0.2, -0.15) is 5.10 Å². The summed E-state index contributed by atoms with van der Waals surface area (Å²) in [6.45, 7) is 2.31. The first-order valence-corrected chi connectivity index (χ1v) is 7.19. The number of nitrogen functional groups attached to an aromatic ring is 1. The standard InChI is InChI=1S/C14H14BrN5O/c1-8-13(15)12(19(2)18-8)6-20-7-17-11-4-3-9(16)5-10(11)14(20)21/h3-5,7H,6,16H2,1-2H3. The van der Waals surface area contributed by atoms with Gasteiger partial charge in [0, 0.05) is 12.7 Å². The number of fused-ring (bicyclic) bond motifs is 1. The monoisotopic (exact) mass is 347 g/mol. The highest BCUT2D eigenvalue weighted by Gasteiger charge is 2.13. The molecule has 0 saturated carbocycles. The number of nitrogens with two attached hydrogens (primary N) is 1. The maximum absolute atomic E-state index is 12.5. The van der Waals surface area contributed by atoms with Crippen molar-refractivity contribution in [1.29, 1.82) is 0 Å². The number of halogens is 1. The Morgan fingerprint density at radius 2 is 2.14 bits per heavy atom. The SMILES string of the molecule is Cc1nn(C)c(Cn2cnc3ccc(N)cc3c2=O)c1Br. The lowest BCUT2D eigenvalue weighted by molar-refractivity contribution is 0.646. The van der Waals surface area contributed by atoms with Gasteiger partial charge >= 0.3 is 0 Å². The van der Waals surface area contributed by atoms with Crippen LogP contribution in [0.25, 0.3) is 10.9 Å². The predicted octanol–water partition coefficient (Wildman–Crippen LogP) is 1.83. The van der Waals surface area contributed by atoms with Crippen LogP contribution in [0, 0.1) is 6.92 Å². The fourth-order valence-corrected chi connectivity index (χ4v) is 2.76. The molecule has 108 valence electrons. The van der Waals surface area contributed by atoms with E-state index in [0.717, 1.165) is 15.9 Å². The van der Waals surface area contributed by atoms with Gasteiger partial charge in [0.25, 0.3) is 5.56 Å². The molecule has 6 nitrogen and oxygen atoms in total. The van der Waals surface area contributed by atoms with Crippen molar-refractivity contribution >= 4 is 32.5 Å². The van der Waals surface area contributed by atoms with Crippen molar-refractivity contribution in [3.05, 3.63) is 50.7 Å². The third-order valence-electron chi connectivity index (χ3n) is 3.43. The molecule has 0 spiro atoms. The van der Waals surface area contributed by atoms with Crippen LogP contribution in [0.4, 0.5) is 5.69 Å². The summed E-state index contributed by atoms with van der Waals surface area (Å²) in [7, 11) is 1.85. The molecule has 0 atom stereocenters. The molecule has 0 amide bonds. The van der Waals surface area contributed by atoms with Gasteiger partial charge < -0.3 is 5.73 Å². The van der Waals surface area contributed by atoms with E-state index in [-0.39, 0.29) is 5.56 Å². The van der Waals surface area contributed by atoms with E-state index in [1.54, 1.807) is 33.8 Å². The van der Waals surface area contributed by atoms with Gasteiger partial charge in [-0.1, -0.05) is 0 Å². The number of benzene rings is 1. The van der Waals surface area contributed by atoms with Gasteiger partial charge in [-0.05, 0) is 41.1 Å². The Bertz CT molecular complexity index is 896. The molecule has 2 aromatic heterocycles. The molecule has 2 heterocycles. The summed E-state index contributed by atoms with van der Waals surface area (Å²) in [5.74, 6) is 0. The lowest BCUT2D eigenvalue weighted by Gasteiger charge is -2.08. The molecule has 3 aromatic rings. The van der Waals surface area contributed by atoms with E-state index in [4.69, 9.17) is 5.73 Å². The Morgan fingerprint density at radius 1 is 1.38 bits per heavy atom. The minimum Gasteiger partial charge on any atom is -0.399 e. The van der Waals surface area contributed by atoms with Crippen LogP contribution in [-0.2, 0) is 13.6 Å². The highest BCUT2D eigenvalue weighted by molar-refractivity contribution is 9.10. The molecule has 7 heteroatoms. The van der Waals surface area contributed by atoms with Crippen LogP contribution in [0.2, 0.25) is 0 Å². The molecule has 0 bridgehead atoms. The molecule has 2 N–H and O–H groups in total. The zero-order valence-corrected chi connectivity index (χ0v) is 13.3. The van der Waals surface area contributed by atoms with Crippen molar-refractivity contribution in [2.45, 2.75) is 13.5 Å². The first-order chi connectivity index (χ1) is 9.97. The van der Waals surface area contributed by atoms with Crippen molar-refractivity contribution in [3.8, 4) is 0 Å². The molecule has 0 aliphatic carbocycles. The van der Waals surface area contributed by atoms with Crippen LogP contribution in [0.15, 0.2) is 33.8 Å². The first kappa shape index (κ1) is 13.8. The normalized spacial score (nSPS) is 11.2. The highest BCUT2D eigenvalue weighted by atomic mass is 79.9. The van der Waals surface area contributed by atoms with Gasteiger partial charge in [0.2, 0.25) is 0 Å². The third kappa shape index (κ3) is 2.33. The Hall–Kier alpha value is -2.15. The van der Waals surface area contributed by atoms with Crippen molar-refractivity contribution in [1.82, 2.24) is 19.3 Å². The predicted molar refractivity (Wildman–Crippen MR) is 85.2 cm³/mol. The van der Waals surface area contributed by atoms with Gasteiger partial charge in [-0.25, -0.2) is 4.98 Å². The number of nitrogens with zero attached hydrogens (tertiary/aromatic N) is 4. The second kappa shape index (κ2) is 5.00. The minimum absolute atomic E-state index is 0.113. The van der Waals surface area contributed by atoms with Crippen molar-refractivity contribution in [2.75, 3.05) is 5.73 Å². The maximum atomic E-state index is 12.5. The molecule has 0 radical (unpaired) electrons. The molecule has 0 aliphatic heterocycles. The average molecular weight is 348 g/mol. The van der Waals surface area contributed by atoms with Crippen LogP contribution >= 0.6 is 15.9 Å². The van der Waals surface area contributed by atoms with E-state index in [1.807, 2.05) is 14.0 Å². The summed E-state index contributed by atoms with van der Waals surface area (Å²) >= 11 is 3.51. The summed E-state index contributed by atoms with van der Waals surface area (Å²) in [6, 6.07) is 5.14. The summed E-state index contributed by atoms with van der Waals surface area (Å²) in [6.07, 6.45) is 1.55. The summed E-state index contributed by atoms with van der Waals surface area (Å²) < 4.78 is 4.22. The quantitative estimate of drug-likeness (QED) is 0.717. The van der Waals surface area contributed by atoms with E-state index in [9.17, 15) is 4.79 Å². The van der Waals surface area contributed by atoms with Crippen LogP contribution in [0.3, 0.4) is 0 Å². The Labute approximate surface area is 129 Å². The molecular formula is C14H14BrN5O. The number of rotatable bonds is 2. The average Bonchev–Trinajstić information content (AvgIpc) is 2.68. The van der Waals surface area contributed by atoms with Gasteiger partial charge in [0.1, 0.15) is 0 Å². The Kier molecular flexibility index (Phi) is 3.29. The number of aryl methyl sites for hydroxylation is 2. The highest BCUT2D eigenvalue weighted by Crippen LogP contribution is 2.21. The zero-order valence-electron chi connectivity index (χ0n) is 11.7. The van der Waals surface area contributed by atoms with Crippen LogP contribution < -0.4 is 11.3 Å². The van der Waals surface area contributed by atoms with Gasteiger partial charge in [0.05, 0.1) is 39.6 Å². The second-order valence-electron chi connectivity index (χ2n) is 4.92. The fraction of sp³-hybridized carbons (Fsp3) is 0.214. The molecule has 3 rings (SSSR count). The van der Waals surface area contributed by atoms with E-state index < -0.39 is 0 Å². The van der Waals surface area contributed by atoms with E-state index in [2.05, 4.69) is 26.0 Å². The first-order valence-electron chi connectivity index (χ1n) is 6.40. The molecule has 0 saturated heterocycles. The number of anilines is 1. The van der Waals surface area contributed by atoms with E-state index in [0.29, 0.717) is 23.1 Å².